The summed E-state index contributed by atoms with van der Waals surface area (Å²) in [6.07, 6.45) is 0. The van der Waals surface area contributed by atoms with Crippen LogP contribution in [0.4, 0.5) is 0 Å². The number of esters is 1. The third kappa shape index (κ3) is 1.51. The molecule has 3 aromatic rings. The zero-order valence-corrected chi connectivity index (χ0v) is 10.1. The molecule has 0 spiro atoms. The molecule has 1 aromatic heterocycles. The third-order valence-corrected chi connectivity index (χ3v) is 4.03. The van der Waals surface area contributed by atoms with E-state index in [0.717, 1.165) is 10.1 Å². The Labute approximate surface area is 102 Å². The normalized spacial score (nSPS) is 10.9. The van der Waals surface area contributed by atoms with Crippen LogP contribution in [-0.2, 0) is 4.74 Å². The highest BCUT2D eigenvalue weighted by Crippen LogP contribution is 2.35. The van der Waals surface area contributed by atoms with Crippen LogP contribution in [0.2, 0.25) is 0 Å². The van der Waals surface area contributed by atoms with Crippen LogP contribution in [0.3, 0.4) is 0 Å². The zero-order chi connectivity index (χ0) is 11.8. The van der Waals surface area contributed by atoms with E-state index in [9.17, 15) is 4.79 Å². The Kier molecular flexibility index (Phi) is 2.34. The van der Waals surface area contributed by atoms with Gasteiger partial charge >= 0.3 is 5.97 Å². The van der Waals surface area contributed by atoms with E-state index in [1.54, 1.807) is 11.3 Å². The SMILES string of the molecule is COC(=O)c1cccc2c1sc1ccccc12. The van der Waals surface area contributed by atoms with Crippen molar-refractivity contribution in [2.75, 3.05) is 7.11 Å². The fraction of sp³-hybridized carbons (Fsp3) is 0.0714. The maximum absolute atomic E-state index is 11.7. The first-order valence-electron chi connectivity index (χ1n) is 5.30. The van der Waals surface area contributed by atoms with E-state index in [0.29, 0.717) is 5.56 Å². The first kappa shape index (κ1) is 10.3. The molecule has 3 rings (SSSR count). The van der Waals surface area contributed by atoms with Crippen LogP contribution in [0.5, 0.6) is 0 Å². The smallest absolute Gasteiger partial charge is 0.339 e. The number of hydrogen-bond donors (Lipinski definition) is 0. The summed E-state index contributed by atoms with van der Waals surface area (Å²) in [5.41, 5.74) is 0.645. The monoisotopic (exact) mass is 242 g/mol. The van der Waals surface area contributed by atoms with Crippen LogP contribution in [0, 0.1) is 0 Å². The molecule has 0 amide bonds. The van der Waals surface area contributed by atoms with Gasteiger partial charge in [-0.25, -0.2) is 4.79 Å². The molecule has 0 radical (unpaired) electrons. The van der Waals surface area contributed by atoms with Crippen LogP contribution in [0.25, 0.3) is 20.2 Å². The standard InChI is InChI=1S/C14H10O2S/c1-16-14(15)11-7-4-6-10-9-5-2-3-8-12(9)17-13(10)11/h2-8H,1H3. The van der Waals surface area contributed by atoms with Gasteiger partial charge in [-0.1, -0.05) is 30.3 Å². The molecule has 0 N–H and O–H groups in total. The Bertz CT molecular complexity index is 712. The molecule has 1 heterocycles. The van der Waals surface area contributed by atoms with Crippen molar-refractivity contribution in [2.45, 2.75) is 0 Å². The maximum Gasteiger partial charge on any atom is 0.339 e. The lowest BCUT2D eigenvalue weighted by molar-refractivity contribution is 0.0603. The second kappa shape index (κ2) is 3.86. The topological polar surface area (TPSA) is 26.3 Å². The number of benzene rings is 2. The van der Waals surface area contributed by atoms with E-state index in [-0.39, 0.29) is 5.97 Å². The van der Waals surface area contributed by atoms with Crippen molar-refractivity contribution in [1.82, 2.24) is 0 Å². The summed E-state index contributed by atoms with van der Waals surface area (Å²) in [5.74, 6) is -0.276. The lowest BCUT2D eigenvalue weighted by atomic mass is 10.1. The molecule has 0 saturated carbocycles. The number of methoxy groups -OCH3 is 1. The lowest BCUT2D eigenvalue weighted by Crippen LogP contribution is -2.00. The summed E-state index contributed by atoms with van der Waals surface area (Å²) >= 11 is 1.63. The molecule has 0 atom stereocenters. The van der Waals surface area contributed by atoms with Gasteiger partial charge in [0.2, 0.25) is 0 Å². The first-order valence-corrected chi connectivity index (χ1v) is 6.11. The lowest BCUT2D eigenvalue weighted by Gasteiger charge is -1.99. The Morgan fingerprint density at radius 3 is 2.65 bits per heavy atom. The average Bonchev–Trinajstić information content (AvgIpc) is 2.76. The first-order chi connectivity index (χ1) is 8.31. The van der Waals surface area contributed by atoms with E-state index >= 15 is 0 Å². The molecule has 17 heavy (non-hydrogen) atoms. The summed E-state index contributed by atoms with van der Waals surface area (Å²) in [6, 6.07) is 13.9. The molecule has 0 saturated heterocycles. The Morgan fingerprint density at radius 2 is 1.82 bits per heavy atom. The Balaban J connectivity index is 2.43. The van der Waals surface area contributed by atoms with Gasteiger partial charge in [0.05, 0.1) is 17.4 Å². The minimum absolute atomic E-state index is 0.276. The van der Waals surface area contributed by atoms with Crippen LogP contribution in [-0.4, -0.2) is 13.1 Å². The molecule has 0 aliphatic rings. The Morgan fingerprint density at radius 1 is 1.06 bits per heavy atom. The minimum atomic E-state index is -0.276. The van der Waals surface area contributed by atoms with Crippen molar-refractivity contribution in [3.63, 3.8) is 0 Å². The number of rotatable bonds is 1. The quantitative estimate of drug-likeness (QED) is 0.606. The van der Waals surface area contributed by atoms with Crippen molar-refractivity contribution in [3.8, 4) is 0 Å². The molecular weight excluding hydrogens is 232 g/mol. The summed E-state index contributed by atoms with van der Waals surface area (Å²) < 4.78 is 7.00. The summed E-state index contributed by atoms with van der Waals surface area (Å²) in [4.78, 5) is 11.7. The minimum Gasteiger partial charge on any atom is -0.465 e. The van der Waals surface area contributed by atoms with E-state index < -0.39 is 0 Å². The van der Waals surface area contributed by atoms with Gasteiger partial charge in [0.25, 0.3) is 0 Å². The predicted molar refractivity (Wildman–Crippen MR) is 70.7 cm³/mol. The van der Waals surface area contributed by atoms with E-state index in [4.69, 9.17) is 4.74 Å². The molecule has 3 heteroatoms. The van der Waals surface area contributed by atoms with Crippen molar-refractivity contribution < 1.29 is 9.53 Å². The number of carbonyl (C=O) groups is 1. The van der Waals surface area contributed by atoms with Gasteiger partial charge in [-0.15, -0.1) is 11.3 Å². The van der Waals surface area contributed by atoms with Crippen LogP contribution in [0.1, 0.15) is 10.4 Å². The second-order valence-corrected chi connectivity index (χ2v) is 4.82. The van der Waals surface area contributed by atoms with Crippen LogP contribution in [0.15, 0.2) is 42.5 Å². The Hall–Kier alpha value is -1.87. The molecule has 0 aliphatic carbocycles. The highest BCUT2D eigenvalue weighted by molar-refractivity contribution is 7.26. The van der Waals surface area contributed by atoms with Crippen molar-refractivity contribution in [3.05, 3.63) is 48.0 Å². The summed E-state index contributed by atoms with van der Waals surface area (Å²) in [6.45, 7) is 0. The van der Waals surface area contributed by atoms with E-state index in [1.165, 1.54) is 17.2 Å². The van der Waals surface area contributed by atoms with Crippen LogP contribution < -0.4 is 0 Å². The summed E-state index contributed by atoms with van der Waals surface area (Å²) in [7, 11) is 1.41. The molecule has 2 nitrogen and oxygen atoms in total. The number of carbonyl (C=O) groups excluding carboxylic acids is 1. The largest absolute Gasteiger partial charge is 0.465 e. The van der Waals surface area contributed by atoms with Gasteiger partial charge in [0.1, 0.15) is 0 Å². The fourth-order valence-electron chi connectivity index (χ4n) is 2.02. The number of hydrogen-bond acceptors (Lipinski definition) is 3. The van der Waals surface area contributed by atoms with Crippen LogP contribution >= 0.6 is 11.3 Å². The molecule has 0 aliphatic heterocycles. The zero-order valence-electron chi connectivity index (χ0n) is 9.27. The average molecular weight is 242 g/mol. The van der Waals surface area contributed by atoms with E-state index in [2.05, 4.69) is 12.1 Å². The van der Waals surface area contributed by atoms with Gasteiger partial charge in [-0.3, -0.25) is 0 Å². The fourth-order valence-corrected chi connectivity index (χ4v) is 3.22. The molecule has 0 unspecified atom stereocenters. The van der Waals surface area contributed by atoms with Gasteiger partial charge < -0.3 is 4.74 Å². The molecular formula is C14H10O2S. The third-order valence-electron chi connectivity index (χ3n) is 2.81. The van der Waals surface area contributed by atoms with Gasteiger partial charge in [-0.05, 0) is 12.1 Å². The number of fused-ring (bicyclic) bond motifs is 3. The van der Waals surface area contributed by atoms with Gasteiger partial charge in [0.15, 0.2) is 0 Å². The predicted octanol–water partition coefficient (Wildman–Crippen LogP) is 3.84. The highest BCUT2D eigenvalue weighted by Gasteiger charge is 2.13. The summed E-state index contributed by atoms with van der Waals surface area (Å²) in [5, 5.41) is 2.31. The van der Waals surface area contributed by atoms with Crippen molar-refractivity contribution >= 4 is 37.5 Å². The maximum atomic E-state index is 11.7. The number of thiophene rings is 1. The van der Waals surface area contributed by atoms with Crippen molar-refractivity contribution in [1.29, 1.82) is 0 Å². The van der Waals surface area contributed by atoms with Gasteiger partial charge in [-0.2, -0.15) is 0 Å². The molecule has 0 fully saturated rings. The molecule has 2 aromatic carbocycles. The van der Waals surface area contributed by atoms with Crippen molar-refractivity contribution in [2.24, 2.45) is 0 Å². The molecule has 0 bridgehead atoms. The van der Waals surface area contributed by atoms with Gasteiger partial charge in [0, 0.05) is 15.5 Å². The molecule has 84 valence electrons. The number of ether oxygens (including phenoxy) is 1. The van der Waals surface area contributed by atoms with E-state index in [1.807, 2.05) is 30.3 Å². The second-order valence-electron chi connectivity index (χ2n) is 3.77. The highest BCUT2D eigenvalue weighted by atomic mass is 32.1.